The molecule has 3 unspecified atom stereocenters. The minimum absolute atomic E-state index is 0.00850. The Morgan fingerprint density at radius 2 is 1.81 bits per heavy atom. The summed E-state index contributed by atoms with van der Waals surface area (Å²) in [5.74, 6) is -1.66. The molecule has 2 rings (SSSR count). The lowest BCUT2D eigenvalue weighted by atomic mass is 9.94. The standard InChI is InChI=1S/C30H44N2O5/c1-4-6-8-16-26(19-24-14-9-7-10-15-24)29(36)37-21-23(3)31-28(35)25(13-5-2)20-27(34)32-30(22-33)17-11-12-18-30/h4-5,7,9-10,14-15,23,25-26,33H,1-2,6,8,11-13,16-22H2,3H3,(H,31,35)(H,32,34). The molecular formula is C30H44N2O5. The maximum Gasteiger partial charge on any atom is 0.309 e. The van der Waals surface area contributed by atoms with Gasteiger partial charge in [-0.3, -0.25) is 14.4 Å². The number of carbonyl (C=O) groups is 3. The van der Waals surface area contributed by atoms with Crippen LogP contribution in [-0.4, -0.2) is 47.7 Å². The maximum atomic E-state index is 12.9. The van der Waals surface area contributed by atoms with Gasteiger partial charge >= 0.3 is 5.97 Å². The number of benzene rings is 1. The van der Waals surface area contributed by atoms with Crippen LogP contribution in [0.3, 0.4) is 0 Å². The predicted molar refractivity (Wildman–Crippen MR) is 146 cm³/mol. The van der Waals surface area contributed by atoms with E-state index in [0.29, 0.717) is 19.3 Å². The van der Waals surface area contributed by atoms with Gasteiger partial charge in [-0.05, 0) is 57.4 Å². The van der Waals surface area contributed by atoms with Gasteiger partial charge in [0.05, 0.1) is 30.0 Å². The van der Waals surface area contributed by atoms with Gasteiger partial charge in [0.2, 0.25) is 11.8 Å². The number of hydrogen-bond donors (Lipinski definition) is 3. The Kier molecular flexibility index (Phi) is 13.1. The highest BCUT2D eigenvalue weighted by Gasteiger charge is 2.35. The molecule has 37 heavy (non-hydrogen) atoms. The normalized spacial score (nSPS) is 16.7. The molecular weight excluding hydrogens is 468 g/mol. The van der Waals surface area contributed by atoms with Gasteiger partial charge in [-0.25, -0.2) is 0 Å². The Morgan fingerprint density at radius 3 is 2.43 bits per heavy atom. The van der Waals surface area contributed by atoms with Crippen LogP contribution in [0, 0.1) is 11.8 Å². The predicted octanol–water partition coefficient (Wildman–Crippen LogP) is 4.25. The Morgan fingerprint density at radius 1 is 1.11 bits per heavy atom. The molecule has 0 saturated heterocycles. The van der Waals surface area contributed by atoms with Gasteiger partial charge < -0.3 is 20.5 Å². The van der Waals surface area contributed by atoms with E-state index < -0.39 is 17.5 Å². The first-order valence-corrected chi connectivity index (χ1v) is 13.5. The number of aliphatic hydroxyl groups is 1. The number of carbonyl (C=O) groups excluding carboxylic acids is 3. The Labute approximate surface area is 221 Å². The van der Waals surface area contributed by atoms with Gasteiger partial charge in [0.15, 0.2) is 0 Å². The molecule has 1 aliphatic carbocycles. The Bertz CT molecular complexity index is 879. The van der Waals surface area contributed by atoms with Crippen LogP contribution in [0.25, 0.3) is 0 Å². The van der Waals surface area contributed by atoms with E-state index in [1.807, 2.05) is 36.4 Å². The number of rotatable bonds is 17. The fourth-order valence-corrected chi connectivity index (χ4v) is 4.87. The quantitative estimate of drug-likeness (QED) is 0.164. The van der Waals surface area contributed by atoms with Crippen LogP contribution in [0.15, 0.2) is 55.6 Å². The first-order chi connectivity index (χ1) is 17.8. The van der Waals surface area contributed by atoms with Crippen LogP contribution in [-0.2, 0) is 25.5 Å². The second-order valence-electron chi connectivity index (χ2n) is 10.3. The van der Waals surface area contributed by atoms with Gasteiger partial charge in [-0.1, -0.05) is 55.3 Å². The summed E-state index contributed by atoms with van der Waals surface area (Å²) in [7, 11) is 0. The summed E-state index contributed by atoms with van der Waals surface area (Å²) in [6, 6.07) is 9.45. The molecule has 3 N–H and O–H groups in total. The minimum atomic E-state index is -0.586. The fourth-order valence-electron chi connectivity index (χ4n) is 4.87. The summed E-state index contributed by atoms with van der Waals surface area (Å²) in [5, 5.41) is 15.6. The zero-order chi connectivity index (χ0) is 27.1. The zero-order valence-electron chi connectivity index (χ0n) is 22.3. The molecule has 3 atom stereocenters. The van der Waals surface area contributed by atoms with E-state index in [0.717, 1.165) is 44.1 Å². The maximum absolute atomic E-state index is 12.9. The molecule has 1 aromatic rings. The van der Waals surface area contributed by atoms with Gasteiger partial charge in [-0.15, -0.1) is 13.2 Å². The lowest BCUT2D eigenvalue weighted by Gasteiger charge is -2.29. The van der Waals surface area contributed by atoms with Gasteiger partial charge in [0, 0.05) is 6.42 Å². The van der Waals surface area contributed by atoms with Crippen LogP contribution in [0.2, 0.25) is 0 Å². The third-order valence-electron chi connectivity index (χ3n) is 7.01. The van der Waals surface area contributed by atoms with Crippen LogP contribution < -0.4 is 10.6 Å². The number of esters is 1. The van der Waals surface area contributed by atoms with E-state index in [-0.39, 0.29) is 43.3 Å². The zero-order valence-corrected chi connectivity index (χ0v) is 22.3. The summed E-state index contributed by atoms with van der Waals surface area (Å²) in [6.07, 6.45) is 10.2. The van der Waals surface area contributed by atoms with E-state index in [2.05, 4.69) is 23.8 Å². The van der Waals surface area contributed by atoms with E-state index in [9.17, 15) is 19.5 Å². The molecule has 2 amide bonds. The lowest BCUT2D eigenvalue weighted by Crippen LogP contribution is -2.50. The van der Waals surface area contributed by atoms with E-state index >= 15 is 0 Å². The van der Waals surface area contributed by atoms with Crippen molar-refractivity contribution in [3.8, 4) is 0 Å². The fraction of sp³-hybridized carbons (Fsp3) is 0.567. The molecule has 1 saturated carbocycles. The summed E-state index contributed by atoms with van der Waals surface area (Å²) >= 11 is 0. The van der Waals surface area contributed by atoms with Crippen LogP contribution >= 0.6 is 0 Å². The second kappa shape index (κ2) is 16.0. The summed E-state index contributed by atoms with van der Waals surface area (Å²) in [5.41, 5.74) is 0.506. The second-order valence-corrected chi connectivity index (χ2v) is 10.3. The Hall–Kier alpha value is -2.93. The van der Waals surface area contributed by atoms with Gasteiger partial charge in [0.1, 0.15) is 6.61 Å². The molecule has 0 aliphatic heterocycles. The molecule has 1 aliphatic rings. The molecule has 0 spiro atoms. The number of aliphatic hydroxyl groups excluding tert-OH is 1. The van der Waals surface area contributed by atoms with Crippen molar-refractivity contribution in [2.75, 3.05) is 13.2 Å². The van der Waals surface area contributed by atoms with E-state index in [1.165, 1.54) is 0 Å². The minimum Gasteiger partial charge on any atom is -0.463 e. The third-order valence-corrected chi connectivity index (χ3v) is 7.01. The van der Waals surface area contributed by atoms with Gasteiger partial charge in [0.25, 0.3) is 0 Å². The largest absolute Gasteiger partial charge is 0.463 e. The van der Waals surface area contributed by atoms with Crippen LogP contribution in [0.5, 0.6) is 0 Å². The average Bonchev–Trinajstić information content (AvgIpc) is 3.35. The SMILES string of the molecule is C=CCCCC(Cc1ccccc1)C(=O)OCC(C)NC(=O)C(CC=C)CC(=O)NC1(CO)CCCC1. The molecule has 204 valence electrons. The highest BCUT2D eigenvalue weighted by atomic mass is 16.5. The van der Waals surface area contributed by atoms with Crippen molar-refractivity contribution in [2.45, 2.75) is 82.7 Å². The average molecular weight is 513 g/mol. The molecule has 7 nitrogen and oxygen atoms in total. The molecule has 1 aromatic carbocycles. The number of allylic oxidation sites excluding steroid dienone is 2. The molecule has 0 aromatic heterocycles. The highest BCUT2D eigenvalue weighted by molar-refractivity contribution is 5.86. The van der Waals surface area contributed by atoms with Crippen molar-refractivity contribution in [1.29, 1.82) is 0 Å². The first kappa shape index (κ1) is 30.3. The smallest absolute Gasteiger partial charge is 0.309 e. The summed E-state index contributed by atoms with van der Waals surface area (Å²) < 4.78 is 5.60. The monoisotopic (exact) mass is 512 g/mol. The molecule has 7 heteroatoms. The summed E-state index contributed by atoms with van der Waals surface area (Å²) in [6.45, 7) is 9.20. The molecule has 1 fully saturated rings. The van der Waals surface area contributed by atoms with Crippen LogP contribution in [0.4, 0.5) is 0 Å². The van der Waals surface area contributed by atoms with Gasteiger partial charge in [-0.2, -0.15) is 0 Å². The van der Waals surface area contributed by atoms with Crippen molar-refractivity contribution in [3.63, 3.8) is 0 Å². The topological polar surface area (TPSA) is 105 Å². The first-order valence-electron chi connectivity index (χ1n) is 13.5. The molecule has 0 heterocycles. The molecule has 0 radical (unpaired) electrons. The number of ether oxygens (including phenoxy) is 1. The van der Waals surface area contributed by atoms with Crippen LogP contribution in [0.1, 0.15) is 70.3 Å². The lowest BCUT2D eigenvalue weighted by molar-refractivity contribution is -0.150. The van der Waals surface area contributed by atoms with E-state index in [4.69, 9.17) is 4.74 Å². The number of hydrogen-bond acceptors (Lipinski definition) is 5. The van der Waals surface area contributed by atoms with Crippen molar-refractivity contribution < 1.29 is 24.2 Å². The van der Waals surface area contributed by atoms with Crippen molar-refractivity contribution in [2.24, 2.45) is 11.8 Å². The van der Waals surface area contributed by atoms with E-state index in [1.54, 1.807) is 13.0 Å². The number of amides is 2. The number of nitrogens with one attached hydrogen (secondary N) is 2. The van der Waals surface area contributed by atoms with Crippen molar-refractivity contribution >= 4 is 17.8 Å². The third kappa shape index (κ3) is 10.5. The molecule has 0 bridgehead atoms. The summed E-state index contributed by atoms with van der Waals surface area (Å²) in [4.78, 5) is 38.5. The highest BCUT2D eigenvalue weighted by Crippen LogP contribution is 2.29. The Balaban J connectivity index is 1.87. The van der Waals surface area contributed by atoms with Crippen molar-refractivity contribution in [1.82, 2.24) is 10.6 Å². The van der Waals surface area contributed by atoms with Crippen molar-refractivity contribution in [3.05, 3.63) is 61.2 Å². The number of unbranched alkanes of at least 4 members (excludes halogenated alkanes) is 1.